The Morgan fingerprint density at radius 3 is 2.72 bits per heavy atom. The summed E-state index contributed by atoms with van der Waals surface area (Å²) in [5.41, 5.74) is 6.47. The predicted molar refractivity (Wildman–Crippen MR) is 112 cm³/mol. The van der Waals surface area contributed by atoms with Gasteiger partial charge in [0.15, 0.2) is 0 Å². The molecule has 162 valence electrons. The minimum atomic E-state index is -0.750. The lowest BCUT2D eigenvalue weighted by Crippen LogP contribution is -2.54. The van der Waals surface area contributed by atoms with E-state index in [1.807, 2.05) is 0 Å². The fraction of sp³-hybridized carbons (Fsp3) is 0.600. The number of nitrogens with zero attached hydrogens (tertiary/aromatic N) is 1. The van der Waals surface area contributed by atoms with Crippen LogP contribution in [-0.4, -0.2) is 67.9 Å². The van der Waals surface area contributed by atoms with E-state index in [4.69, 9.17) is 31.9 Å². The van der Waals surface area contributed by atoms with Gasteiger partial charge in [0.2, 0.25) is 0 Å². The molecule has 1 amide bonds. The van der Waals surface area contributed by atoms with E-state index in [0.717, 1.165) is 32.4 Å². The van der Waals surface area contributed by atoms with Gasteiger partial charge >= 0.3 is 5.97 Å². The molecule has 1 aromatic carbocycles. The third kappa shape index (κ3) is 6.76. The van der Waals surface area contributed by atoms with Gasteiger partial charge in [0.1, 0.15) is 5.75 Å². The first-order chi connectivity index (χ1) is 13.8. The van der Waals surface area contributed by atoms with Crippen molar-refractivity contribution in [2.75, 3.05) is 39.6 Å². The lowest BCUT2D eigenvalue weighted by Gasteiger charge is -2.38. The number of aliphatic carboxylic acids is 1. The maximum absolute atomic E-state index is 12.8. The number of rotatable bonds is 10. The molecule has 0 radical (unpaired) electrons. The van der Waals surface area contributed by atoms with Crippen LogP contribution >= 0.6 is 11.6 Å². The molecule has 9 heteroatoms. The van der Waals surface area contributed by atoms with Gasteiger partial charge in [0.05, 0.1) is 35.5 Å². The molecule has 0 saturated carbocycles. The average molecular weight is 428 g/mol. The zero-order chi connectivity index (χ0) is 21.4. The molecule has 1 aliphatic heterocycles. The fourth-order valence-electron chi connectivity index (χ4n) is 3.54. The smallest absolute Gasteiger partial charge is 0.303 e. The standard InChI is InChI=1S/C20H30ClN3O5/c1-28-17-11-15(22)14(21)10-13(17)20(27)23-16-7-9-24(12-18(16)29-2)8-5-3-4-6-19(25)26/h10-11,16,18H,3-9,12,22H2,1-2H3,(H,23,27)(H,25,26)/t16?,18-/m1/s1. The molecule has 0 bridgehead atoms. The molecular weight excluding hydrogens is 398 g/mol. The van der Waals surface area contributed by atoms with Crippen molar-refractivity contribution >= 4 is 29.2 Å². The number of amides is 1. The number of anilines is 1. The Morgan fingerprint density at radius 1 is 1.31 bits per heavy atom. The van der Waals surface area contributed by atoms with Crippen molar-refractivity contribution < 1.29 is 24.2 Å². The molecule has 2 rings (SSSR count). The maximum Gasteiger partial charge on any atom is 0.303 e. The van der Waals surface area contributed by atoms with Crippen LogP contribution in [0.15, 0.2) is 12.1 Å². The van der Waals surface area contributed by atoms with E-state index in [2.05, 4.69) is 10.2 Å². The van der Waals surface area contributed by atoms with Crippen molar-refractivity contribution in [1.82, 2.24) is 10.2 Å². The van der Waals surface area contributed by atoms with Gasteiger partial charge in [0.25, 0.3) is 5.91 Å². The number of nitrogens with one attached hydrogen (secondary N) is 1. The molecule has 1 heterocycles. The van der Waals surface area contributed by atoms with Gasteiger partial charge in [0, 0.05) is 32.7 Å². The first-order valence-corrected chi connectivity index (χ1v) is 10.1. The summed E-state index contributed by atoms with van der Waals surface area (Å²) < 4.78 is 10.9. The molecule has 1 fully saturated rings. The number of piperidine rings is 1. The van der Waals surface area contributed by atoms with E-state index in [9.17, 15) is 9.59 Å². The lowest BCUT2D eigenvalue weighted by molar-refractivity contribution is -0.137. The first kappa shape index (κ1) is 23.3. The fourth-order valence-corrected chi connectivity index (χ4v) is 3.70. The minimum Gasteiger partial charge on any atom is -0.496 e. The van der Waals surface area contributed by atoms with Gasteiger partial charge in [-0.25, -0.2) is 0 Å². The van der Waals surface area contributed by atoms with E-state index in [0.29, 0.717) is 35.0 Å². The van der Waals surface area contributed by atoms with Gasteiger partial charge in [-0.05, 0) is 31.9 Å². The normalized spacial score (nSPS) is 19.7. The molecular formula is C20H30ClN3O5. The highest BCUT2D eigenvalue weighted by molar-refractivity contribution is 6.33. The number of nitrogen functional groups attached to an aromatic ring is 1. The van der Waals surface area contributed by atoms with Gasteiger partial charge in [-0.2, -0.15) is 0 Å². The van der Waals surface area contributed by atoms with Crippen molar-refractivity contribution in [3.8, 4) is 5.75 Å². The molecule has 1 unspecified atom stereocenters. The Balaban J connectivity index is 1.90. The van der Waals surface area contributed by atoms with Crippen LogP contribution in [0.3, 0.4) is 0 Å². The summed E-state index contributed by atoms with van der Waals surface area (Å²) in [6.45, 7) is 2.44. The zero-order valence-electron chi connectivity index (χ0n) is 16.9. The summed E-state index contributed by atoms with van der Waals surface area (Å²) in [5, 5.41) is 12.0. The predicted octanol–water partition coefficient (Wildman–Crippen LogP) is 2.39. The summed E-state index contributed by atoms with van der Waals surface area (Å²) in [4.78, 5) is 25.6. The third-order valence-electron chi connectivity index (χ3n) is 5.19. The van der Waals surface area contributed by atoms with Gasteiger partial charge in [-0.15, -0.1) is 0 Å². The van der Waals surface area contributed by atoms with Crippen molar-refractivity contribution in [1.29, 1.82) is 0 Å². The molecule has 0 aromatic heterocycles. The number of hydrogen-bond acceptors (Lipinski definition) is 6. The van der Waals surface area contributed by atoms with Crippen LogP contribution in [0.4, 0.5) is 5.69 Å². The number of unbranched alkanes of at least 4 members (excludes halogenated alkanes) is 2. The van der Waals surface area contributed by atoms with Crippen molar-refractivity contribution in [2.45, 2.75) is 44.2 Å². The van der Waals surface area contributed by atoms with E-state index >= 15 is 0 Å². The monoisotopic (exact) mass is 427 g/mol. The highest BCUT2D eigenvalue weighted by Gasteiger charge is 2.31. The second-order valence-corrected chi connectivity index (χ2v) is 7.63. The van der Waals surface area contributed by atoms with E-state index < -0.39 is 5.97 Å². The highest BCUT2D eigenvalue weighted by Crippen LogP contribution is 2.29. The second-order valence-electron chi connectivity index (χ2n) is 7.22. The molecule has 1 aliphatic rings. The number of carboxylic acid groups (broad SMARTS) is 1. The second kappa shape index (κ2) is 11.2. The van der Waals surface area contributed by atoms with Gasteiger partial charge in [-0.3, -0.25) is 9.59 Å². The number of hydrogen-bond donors (Lipinski definition) is 3. The molecule has 0 aliphatic carbocycles. The summed E-state index contributed by atoms with van der Waals surface area (Å²) in [5.74, 6) is -0.657. The number of likely N-dealkylation sites (tertiary alicyclic amines) is 1. The summed E-state index contributed by atoms with van der Waals surface area (Å²) in [6, 6.07) is 2.92. The highest BCUT2D eigenvalue weighted by atomic mass is 35.5. The SMILES string of the molecule is COc1cc(N)c(Cl)cc1C(=O)NC1CCN(CCCCCC(=O)O)C[C@H]1OC. The maximum atomic E-state index is 12.8. The Labute approximate surface area is 176 Å². The van der Waals surface area contributed by atoms with Gasteiger partial charge in [-0.1, -0.05) is 18.0 Å². The topological polar surface area (TPSA) is 114 Å². The van der Waals surface area contributed by atoms with Crippen LogP contribution in [0.2, 0.25) is 5.02 Å². The molecule has 1 aromatic rings. The van der Waals surface area contributed by atoms with Crippen molar-refractivity contribution in [2.24, 2.45) is 0 Å². The number of ether oxygens (including phenoxy) is 2. The Hall–Kier alpha value is -2.03. The van der Waals surface area contributed by atoms with Crippen LogP contribution < -0.4 is 15.8 Å². The Morgan fingerprint density at radius 2 is 2.07 bits per heavy atom. The molecule has 4 N–H and O–H groups in total. The third-order valence-corrected chi connectivity index (χ3v) is 5.52. The number of methoxy groups -OCH3 is 2. The van der Waals surface area contributed by atoms with E-state index in [-0.39, 0.29) is 24.5 Å². The summed E-state index contributed by atoms with van der Waals surface area (Å²) >= 11 is 6.07. The lowest BCUT2D eigenvalue weighted by atomic mass is 10.00. The number of halogens is 1. The minimum absolute atomic E-state index is 0.128. The van der Waals surface area contributed by atoms with Crippen molar-refractivity contribution in [3.05, 3.63) is 22.7 Å². The summed E-state index contributed by atoms with van der Waals surface area (Å²) in [6.07, 6.45) is 3.36. The van der Waals surface area contributed by atoms with E-state index in [1.54, 1.807) is 7.11 Å². The van der Waals surface area contributed by atoms with Crippen LogP contribution in [0.1, 0.15) is 42.5 Å². The van der Waals surface area contributed by atoms with Crippen LogP contribution in [0, 0.1) is 0 Å². The molecule has 2 atom stereocenters. The largest absolute Gasteiger partial charge is 0.496 e. The number of carboxylic acids is 1. The quantitative estimate of drug-likeness (QED) is 0.388. The van der Waals surface area contributed by atoms with Gasteiger partial charge < -0.3 is 30.5 Å². The molecule has 29 heavy (non-hydrogen) atoms. The van der Waals surface area contributed by atoms with Crippen molar-refractivity contribution in [3.63, 3.8) is 0 Å². The van der Waals surface area contributed by atoms with Crippen LogP contribution in [0.5, 0.6) is 5.75 Å². The molecule has 1 saturated heterocycles. The van der Waals surface area contributed by atoms with Crippen LogP contribution in [-0.2, 0) is 9.53 Å². The Kier molecular flexibility index (Phi) is 9.00. The first-order valence-electron chi connectivity index (χ1n) is 9.76. The molecule has 8 nitrogen and oxygen atoms in total. The molecule has 0 spiro atoms. The summed E-state index contributed by atoms with van der Waals surface area (Å²) in [7, 11) is 3.12. The number of nitrogens with two attached hydrogens (primary N) is 1. The number of benzene rings is 1. The van der Waals surface area contributed by atoms with Crippen LogP contribution in [0.25, 0.3) is 0 Å². The van der Waals surface area contributed by atoms with E-state index in [1.165, 1.54) is 19.2 Å². The average Bonchev–Trinajstić information content (AvgIpc) is 2.69. The zero-order valence-corrected chi connectivity index (χ0v) is 17.7. The Bertz CT molecular complexity index is 716. The number of carbonyl (C=O) groups excluding carboxylic acids is 1. The number of carbonyl (C=O) groups is 2.